The quantitative estimate of drug-likeness (QED) is 0.786. The maximum absolute atomic E-state index is 5.86. The van der Waals surface area contributed by atoms with E-state index in [0.29, 0.717) is 5.88 Å². The van der Waals surface area contributed by atoms with Crippen LogP contribution < -0.4 is 4.90 Å². The summed E-state index contributed by atoms with van der Waals surface area (Å²) in [5.74, 6) is 0.531. The van der Waals surface area contributed by atoms with Crippen LogP contribution in [-0.4, -0.2) is 36.2 Å². The second kappa shape index (κ2) is 5.34. The molecule has 16 heavy (non-hydrogen) atoms. The number of alkyl halides is 1. The zero-order valence-corrected chi connectivity index (χ0v) is 11.4. The maximum atomic E-state index is 5.86. The third-order valence-electron chi connectivity index (χ3n) is 2.59. The number of hydrogen-bond donors (Lipinski definition) is 0. The van der Waals surface area contributed by atoms with Crippen LogP contribution in [0, 0.1) is 0 Å². The van der Waals surface area contributed by atoms with Gasteiger partial charge in [0.15, 0.2) is 0 Å². The maximum Gasteiger partial charge on any atom is 0.0889 e. The van der Waals surface area contributed by atoms with Crippen LogP contribution in [-0.2, 0) is 4.74 Å². The number of nitrogens with zero attached hydrogens (tertiary/aromatic N) is 2. The smallest absolute Gasteiger partial charge is 0.0889 e. The minimum atomic E-state index is 0.102. The van der Waals surface area contributed by atoms with Gasteiger partial charge in [0.1, 0.15) is 0 Å². The van der Waals surface area contributed by atoms with Gasteiger partial charge >= 0.3 is 0 Å². The minimum Gasteiger partial charge on any atom is -0.370 e. The predicted molar refractivity (Wildman–Crippen MR) is 69.2 cm³/mol. The number of ether oxygens (including phenoxy) is 1. The molecule has 1 saturated heterocycles. The molecule has 88 valence electrons. The first-order valence-corrected chi connectivity index (χ1v) is 6.59. The molecule has 2 heterocycles. The van der Waals surface area contributed by atoms with E-state index < -0.39 is 0 Å². The average Bonchev–Trinajstić information content (AvgIpc) is 2.28. The Morgan fingerprint density at radius 1 is 1.62 bits per heavy atom. The number of morpholine rings is 1. The number of halogens is 2. The van der Waals surface area contributed by atoms with Crippen molar-refractivity contribution >= 4 is 33.2 Å². The van der Waals surface area contributed by atoms with E-state index in [2.05, 4.69) is 32.7 Å². The van der Waals surface area contributed by atoms with E-state index in [1.54, 1.807) is 6.20 Å². The summed E-state index contributed by atoms with van der Waals surface area (Å²) in [5.41, 5.74) is 1.15. The van der Waals surface area contributed by atoms with E-state index in [4.69, 9.17) is 16.3 Å². The van der Waals surface area contributed by atoms with Gasteiger partial charge in [-0.1, -0.05) is 0 Å². The van der Waals surface area contributed by atoms with Crippen LogP contribution in [0.15, 0.2) is 22.9 Å². The number of pyridine rings is 1. The molecule has 0 spiro atoms. The van der Waals surface area contributed by atoms with Gasteiger partial charge in [0.25, 0.3) is 0 Å². The molecule has 0 saturated carbocycles. The van der Waals surface area contributed by atoms with Gasteiger partial charge in [-0.05, 0) is 28.9 Å². The van der Waals surface area contributed by atoms with Crippen LogP contribution in [0.5, 0.6) is 0 Å². The van der Waals surface area contributed by atoms with Crippen LogP contribution in [0.25, 0.3) is 0 Å². The van der Waals surface area contributed by atoms with Crippen molar-refractivity contribution < 1.29 is 4.74 Å². The molecule has 1 aliphatic heterocycles. The molecular weight excluding hydrogens is 291 g/mol. The Kier molecular flexibility index (Phi) is 4.05. The van der Waals surface area contributed by atoms with Gasteiger partial charge in [-0.15, -0.1) is 11.6 Å². The fraction of sp³-hybridized carbons (Fsp3) is 0.545. The Balaban J connectivity index is 2.17. The Morgan fingerprint density at radius 2 is 2.44 bits per heavy atom. The third-order valence-corrected chi connectivity index (χ3v) is 3.55. The predicted octanol–water partition coefficient (Wildman–Crippen LogP) is 2.68. The van der Waals surface area contributed by atoms with Crippen molar-refractivity contribution in [2.45, 2.75) is 19.1 Å². The lowest BCUT2D eigenvalue weighted by Gasteiger charge is -2.37. The minimum absolute atomic E-state index is 0.102. The van der Waals surface area contributed by atoms with E-state index in [-0.39, 0.29) is 12.2 Å². The highest BCUT2D eigenvalue weighted by Gasteiger charge is 2.25. The van der Waals surface area contributed by atoms with Gasteiger partial charge in [-0.3, -0.25) is 4.98 Å². The Bertz CT molecular complexity index is 364. The molecule has 0 bridgehead atoms. The summed E-state index contributed by atoms with van der Waals surface area (Å²) >= 11 is 9.38. The molecule has 2 rings (SSSR count). The van der Waals surface area contributed by atoms with Gasteiger partial charge < -0.3 is 9.64 Å². The van der Waals surface area contributed by atoms with Gasteiger partial charge in [-0.2, -0.15) is 0 Å². The van der Waals surface area contributed by atoms with Gasteiger partial charge in [0, 0.05) is 25.5 Å². The number of hydrogen-bond acceptors (Lipinski definition) is 3. The molecule has 3 nitrogen and oxygen atoms in total. The lowest BCUT2D eigenvalue weighted by atomic mass is 10.2. The Morgan fingerprint density at radius 3 is 3.12 bits per heavy atom. The second-order valence-electron chi connectivity index (χ2n) is 3.96. The second-order valence-corrected chi connectivity index (χ2v) is 5.12. The molecule has 0 radical (unpaired) electrons. The standard InChI is InChI=1S/C11H14BrClN2O/c1-8-6-15(7-9(4-13)16-8)11-2-3-14-5-10(11)12/h2-3,5,8-9H,4,6-7H2,1H3. The molecule has 0 amide bonds. The molecule has 1 fully saturated rings. The van der Waals surface area contributed by atoms with Crippen LogP contribution in [0.3, 0.4) is 0 Å². The van der Waals surface area contributed by atoms with Crippen molar-refractivity contribution in [3.8, 4) is 0 Å². The van der Waals surface area contributed by atoms with Crippen molar-refractivity contribution in [3.05, 3.63) is 22.9 Å². The van der Waals surface area contributed by atoms with Crippen LogP contribution >= 0.6 is 27.5 Å². The number of anilines is 1. The average molecular weight is 306 g/mol. The largest absolute Gasteiger partial charge is 0.370 e. The molecule has 2 atom stereocenters. The first-order valence-electron chi connectivity index (χ1n) is 5.26. The molecule has 2 unspecified atom stereocenters. The van der Waals surface area contributed by atoms with Crippen LogP contribution in [0.2, 0.25) is 0 Å². The summed E-state index contributed by atoms with van der Waals surface area (Å²) in [5, 5.41) is 0. The molecule has 0 aromatic carbocycles. The molecule has 1 aromatic rings. The summed E-state index contributed by atoms with van der Waals surface area (Å²) in [6, 6.07) is 2.01. The van der Waals surface area contributed by atoms with E-state index in [1.807, 2.05) is 12.3 Å². The lowest BCUT2D eigenvalue weighted by molar-refractivity contribution is -0.00337. The number of rotatable bonds is 2. The van der Waals surface area contributed by atoms with E-state index in [1.165, 1.54) is 0 Å². The van der Waals surface area contributed by atoms with E-state index in [0.717, 1.165) is 23.2 Å². The Hall–Kier alpha value is -0.320. The van der Waals surface area contributed by atoms with E-state index in [9.17, 15) is 0 Å². The summed E-state index contributed by atoms with van der Waals surface area (Å²) < 4.78 is 6.73. The highest BCUT2D eigenvalue weighted by Crippen LogP contribution is 2.27. The fourth-order valence-electron chi connectivity index (χ4n) is 1.95. The molecule has 5 heteroatoms. The zero-order chi connectivity index (χ0) is 11.5. The molecular formula is C11H14BrClN2O. The van der Waals surface area contributed by atoms with Crippen molar-refractivity contribution in [1.82, 2.24) is 4.98 Å². The van der Waals surface area contributed by atoms with Gasteiger partial charge in [0.05, 0.1) is 28.2 Å². The van der Waals surface area contributed by atoms with Crippen LogP contribution in [0.1, 0.15) is 6.92 Å². The van der Waals surface area contributed by atoms with Crippen molar-refractivity contribution in [3.63, 3.8) is 0 Å². The van der Waals surface area contributed by atoms with Crippen LogP contribution in [0.4, 0.5) is 5.69 Å². The summed E-state index contributed by atoms with van der Waals surface area (Å²) in [6.07, 6.45) is 3.92. The molecule has 1 aromatic heterocycles. The third kappa shape index (κ3) is 2.67. The van der Waals surface area contributed by atoms with Gasteiger partial charge in [-0.25, -0.2) is 0 Å². The monoisotopic (exact) mass is 304 g/mol. The zero-order valence-electron chi connectivity index (χ0n) is 9.07. The van der Waals surface area contributed by atoms with Crippen molar-refractivity contribution in [2.75, 3.05) is 23.9 Å². The topological polar surface area (TPSA) is 25.4 Å². The fourth-order valence-corrected chi connectivity index (χ4v) is 2.62. The number of aromatic nitrogens is 1. The first kappa shape index (κ1) is 12.1. The SMILES string of the molecule is CC1CN(c2ccncc2Br)CC(CCl)O1. The normalized spacial score (nSPS) is 25.8. The molecule has 0 aliphatic carbocycles. The van der Waals surface area contributed by atoms with E-state index >= 15 is 0 Å². The summed E-state index contributed by atoms with van der Waals surface area (Å²) in [6.45, 7) is 3.78. The highest BCUT2D eigenvalue weighted by molar-refractivity contribution is 9.10. The molecule has 0 N–H and O–H groups in total. The lowest BCUT2D eigenvalue weighted by Crippen LogP contribution is -2.47. The molecule has 1 aliphatic rings. The highest BCUT2D eigenvalue weighted by atomic mass is 79.9. The summed E-state index contributed by atoms with van der Waals surface area (Å²) in [4.78, 5) is 6.35. The first-order chi connectivity index (χ1) is 7.70. The van der Waals surface area contributed by atoms with Crippen molar-refractivity contribution in [1.29, 1.82) is 0 Å². The van der Waals surface area contributed by atoms with Crippen molar-refractivity contribution in [2.24, 2.45) is 0 Å². The van der Waals surface area contributed by atoms with Gasteiger partial charge in [0.2, 0.25) is 0 Å². The Labute approximate surface area is 109 Å². The summed E-state index contributed by atoms with van der Waals surface area (Å²) in [7, 11) is 0.